The monoisotopic (exact) mass is 271 g/mol. The van der Waals surface area contributed by atoms with Gasteiger partial charge in [0.05, 0.1) is 22.2 Å². The first-order valence-electron chi connectivity index (χ1n) is 6.08. The third-order valence-electron chi connectivity index (χ3n) is 2.99. The molecule has 0 saturated heterocycles. The van der Waals surface area contributed by atoms with Crippen molar-refractivity contribution in [2.45, 2.75) is 20.3 Å². The topological polar surface area (TPSA) is 43.1 Å². The van der Waals surface area contributed by atoms with Gasteiger partial charge in [0.25, 0.3) is 0 Å². The summed E-state index contributed by atoms with van der Waals surface area (Å²) < 4.78 is 6.51. The maximum absolute atomic E-state index is 12.2. The van der Waals surface area contributed by atoms with E-state index >= 15 is 0 Å². The molecule has 1 aromatic carbocycles. The molecule has 96 valence electrons. The summed E-state index contributed by atoms with van der Waals surface area (Å²) in [7, 11) is 0. The molecule has 0 spiro atoms. The lowest BCUT2D eigenvalue weighted by atomic mass is 10.1. The Bertz CT molecular complexity index is 721. The third-order valence-corrected chi connectivity index (χ3v) is 4.03. The van der Waals surface area contributed by atoms with E-state index in [1.54, 1.807) is 17.4 Å². The third kappa shape index (κ3) is 2.31. The number of aromatic nitrogens is 1. The van der Waals surface area contributed by atoms with Crippen LogP contribution in [0.25, 0.3) is 10.2 Å². The number of thiazole rings is 1. The van der Waals surface area contributed by atoms with Crippen LogP contribution in [0.15, 0.2) is 34.7 Å². The van der Waals surface area contributed by atoms with Crippen molar-refractivity contribution in [3.05, 3.63) is 52.4 Å². The molecule has 0 amide bonds. The van der Waals surface area contributed by atoms with Crippen molar-refractivity contribution in [3.8, 4) is 0 Å². The average molecular weight is 271 g/mol. The second kappa shape index (κ2) is 4.63. The van der Waals surface area contributed by atoms with Gasteiger partial charge in [-0.25, -0.2) is 4.98 Å². The number of hydrogen-bond acceptors (Lipinski definition) is 4. The Labute approximate surface area is 114 Å². The number of hydrogen-bond donors (Lipinski definition) is 0. The van der Waals surface area contributed by atoms with Crippen LogP contribution in [0.3, 0.4) is 0 Å². The first-order valence-corrected chi connectivity index (χ1v) is 6.90. The summed E-state index contributed by atoms with van der Waals surface area (Å²) in [5.74, 6) is 1.52. The van der Waals surface area contributed by atoms with E-state index in [0.29, 0.717) is 17.7 Å². The largest absolute Gasteiger partial charge is 0.466 e. The standard InChI is InChI=1S/C15H13NO2S/c1-9-7-11(10(2)18-9)13(17)8-15-16-12-5-3-4-6-14(12)19-15/h3-7H,8H2,1-2H3. The van der Waals surface area contributed by atoms with Gasteiger partial charge in [0.2, 0.25) is 0 Å². The van der Waals surface area contributed by atoms with Gasteiger partial charge >= 0.3 is 0 Å². The molecule has 0 atom stereocenters. The summed E-state index contributed by atoms with van der Waals surface area (Å²) in [4.78, 5) is 16.7. The molecule has 0 N–H and O–H groups in total. The normalized spacial score (nSPS) is 11.1. The maximum Gasteiger partial charge on any atom is 0.173 e. The molecule has 0 unspecified atom stereocenters. The minimum Gasteiger partial charge on any atom is -0.466 e. The van der Waals surface area contributed by atoms with E-state index < -0.39 is 0 Å². The highest BCUT2D eigenvalue weighted by atomic mass is 32.1. The highest BCUT2D eigenvalue weighted by Crippen LogP contribution is 2.23. The van der Waals surface area contributed by atoms with Crippen LogP contribution < -0.4 is 0 Å². The predicted molar refractivity (Wildman–Crippen MR) is 75.8 cm³/mol. The van der Waals surface area contributed by atoms with E-state index in [1.165, 1.54) is 0 Å². The van der Waals surface area contributed by atoms with E-state index in [1.807, 2.05) is 38.1 Å². The van der Waals surface area contributed by atoms with Crippen LogP contribution in [0.4, 0.5) is 0 Å². The summed E-state index contributed by atoms with van der Waals surface area (Å²) >= 11 is 1.57. The quantitative estimate of drug-likeness (QED) is 0.678. The Morgan fingerprint density at radius 3 is 2.79 bits per heavy atom. The van der Waals surface area contributed by atoms with Gasteiger partial charge in [-0.3, -0.25) is 4.79 Å². The van der Waals surface area contributed by atoms with Crippen molar-refractivity contribution in [1.82, 2.24) is 4.98 Å². The molecule has 0 aliphatic heterocycles. The van der Waals surface area contributed by atoms with Gasteiger partial charge in [0, 0.05) is 0 Å². The van der Waals surface area contributed by atoms with Crippen LogP contribution in [0.2, 0.25) is 0 Å². The molecule has 19 heavy (non-hydrogen) atoms. The molecule has 3 rings (SSSR count). The molecule has 2 heterocycles. The highest BCUT2D eigenvalue weighted by molar-refractivity contribution is 7.18. The first kappa shape index (κ1) is 12.1. The van der Waals surface area contributed by atoms with E-state index in [4.69, 9.17) is 4.42 Å². The summed E-state index contributed by atoms with van der Waals surface area (Å²) in [5.41, 5.74) is 1.62. The van der Waals surface area contributed by atoms with Crippen LogP contribution in [0.5, 0.6) is 0 Å². The van der Waals surface area contributed by atoms with Gasteiger partial charge in [-0.2, -0.15) is 0 Å². The van der Waals surface area contributed by atoms with Gasteiger partial charge in [-0.1, -0.05) is 12.1 Å². The van der Waals surface area contributed by atoms with Gasteiger partial charge in [-0.05, 0) is 32.0 Å². The molecular formula is C15H13NO2S. The van der Waals surface area contributed by atoms with Crippen molar-refractivity contribution in [3.63, 3.8) is 0 Å². The predicted octanol–water partition coefficient (Wildman–Crippen LogP) is 3.93. The van der Waals surface area contributed by atoms with Gasteiger partial charge in [-0.15, -0.1) is 11.3 Å². The fourth-order valence-electron chi connectivity index (χ4n) is 2.14. The molecule has 0 radical (unpaired) electrons. The molecule has 0 aliphatic carbocycles. The van der Waals surface area contributed by atoms with Crippen molar-refractivity contribution in [1.29, 1.82) is 0 Å². The highest BCUT2D eigenvalue weighted by Gasteiger charge is 2.16. The minimum atomic E-state index is 0.0633. The van der Waals surface area contributed by atoms with Crippen molar-refractivity contribution >= 4 is 27.3 Å². The number of benzene rings is 1. The van der Waals surface area contributed by atoms with Gasteiger partial charge in [0.1, 0.15) is 16.5 Å². The van der Waals surface area contributed by atoms with Crippen molar-refractivity contribution in [2.24, 2.45) is 0 Å². The van der Waals surface area contributed by atoms with Gasteiger partial charge < -0.3 is 4.42 Å². The van der Waals surface area contributed by atoms with E-state index in [0.717, 1.165) is 21.0 Å². The lowest BCUT2D eigenvalue weighted by Crippen LogP contribution is -2.03. The number of Topliss-reactive ketones (excluding diaryl/α,β-unsaturated/α-hetero) is 1. The van der Waals surface area contributed by atoms with E-state index in [9.17, 15) is 4.79 Å². The van der Waals surface area contributed by atoms with Crippen LogP contribution in [0.1, 0.15) is 26.9 Å². The number of aryl methyl sites for hydroxylation is 2. The average Bonchev–Trinajstić information content (AvgIpc) is 2.91. The van der Waals surface area contributed by atoms with Crippen LogP contribution in [-0.4, -0.2) is 10.8 Å². The molecule has 0 aliphatic rings. The number of fused-ring (bicyclic) bond motifs is 1. The molecule has 0 bridgehead atoms. The van der Waals surface area contributed by atoms with Gasteiger partial charge in [0.15, 0.2) is 5.78 Å². The second-order valence-electron chi connectivity index (χ2n) is 4.50. The Kier molecular flexibility index (Phi) is 2.95. The summed E-state index contributed by atoms with van der Waals surface area (Å²) in [5, 5.41) is 0.851. The lowest BCUT2D eigenvalue weighted by Gasteiger charge is -1.95. The number of para-hydroxylation sites is 1. The first-order chi connectivity index (χ1) is 9.13. The number of furan rings is 1. The maximum atomic E-state index is 12.2. The van der Waals surface area contributed by atoms with Crippen LogP contribution in [0, 0.1) is 13.8 Å². The fourth-order valence-corrected chi connectivity index (χ4v) is 3.10. The number of ketones is 1. The molecule has 0 saturated carbocycles. The SMILES string of the molecule is Cc1cc(C(=O)Cc2nc3ccccc3s2)c(C)o1. The zero-order valence-corrected chi connectivity index (χ0v) is 11.6. The Hall–Kier alpha value is -1.94. The smallest absolute Gasteiger partial charge is 0.173 e. The number of carbonyl (C=O) groups excluding carboxylic acids is 1. The summed E-state index contributed by atoms with van der Waals surface area (Å²) in [6, 6.07) is 9.72. The number of nitrogens with zero attached hydrogens (tertiary/aromatic N) is 1. The summed E-state index contributed by atoms with van der Waals surface area (Å²) in [6.07, 6.45) is 0.332. The van der Waals surface area contributed by atoms with Crippen molar-refractivity contribution in [2.75, 3.05) is 0 Å². The van der Waals surface area contributed by atoms with Crippen molar-refractivity contribution < 1.29 is 9.21 Å². The number of rotatable bonds is 3. The second-order valence-corrected chi connectivity index (χ2v) is 5.62. The number of carbonyl (C=O) groups is 1. The molecular weight excluding hydrogens is 258 g/mol. The molecule has 2 aromatic heterocycles. The van der Waals surface area contributed by atoms with E-state index in [-0.39, 0.29) is 5.78 Å². The fraction of sp³-hybridized carbons (Fsp3) is 0.200. The Balaban J connectivity index is 1.88. The molecule has 0 fully saturated rings. The van der Waals surface area contributed by atoms with Crippen LogP contribution >= 0.6 is 11.3 Å². The zero-order valence-electron chi connectivity index (χ0n) is 10.8. The molecule has 3 aromatic rings. The molecule has 3 nitrogen and oxygen atoms in total. The Morgan fingerprint density at radius 1 is 1.32 bits per heavy atom. The van der Waals surface area contributed by atoms with E-state index in [2.05, 4.69) is 4.98 Å². The minimum absolute atomic E-state index is 0.0633. The summed E-state index contributed by atoms with van der Waals surface area (Å²) in [6.45, 7) is 3.67. The zero-order chi connectivity index (χ0) is 13.4. The molecule has 4 heteroatoms. The van der Waals surface area contributed by atoms with Crippen LogP contribution in [-0.2, 0) is 6.42 Å². The Morgan fingerprint density at radius 2 is 2.11 bits per heavy atom. The lowest BCUT2D eigenvalue weighted by molar-refractivity contribution is 0.0991.